The van der Waals surface area contributed by atoms with Crippen molar-refractivity contribution in [2.75, 3.05) is 0 Å². The molecule has 1 aromatic heterocycles. The van der Waals surface area contributed by atoms with Crippen LogP contribution >= 0.6 is 11.3 Å². The molecule has 0 aromatic carbocycles. The van der Waals surface area contributed by atoms with Crippen molar-refractivity contribution in [1.29, 1.82) is 0 Å². The van der Waals surface area contributed by atoms with E-state index in [-0.39, 0.29) is 11.3 Å². The molecule has 1 aromatic rings. The molecule has 1 heterocycles. The van der Waals surface area contributed by atoms with E-state index < -0.39 is 12.0 Å². The molecule has 0 fully saturated rings. The lowest BCUT2D eigenvalue weighted by molar-refractivity contribution is -0.139. The minimum Gasteiger partial charge on any atom is -0.480 e. The highest BCUT2D eigenvalue weighted by Gasteiger charge is 2.24. The third kappa shape index (κ3) is 4.63. The van der Waals surface area contributed by atoms with Gasteiger partial charge in [-0.15, -0.1) is 11.3 Å². The molecular formula is C15H23NO3S. The maximum absolute atomic E-state index is 12.2. The van der Waals surface area contributed by atoms with E-state index >= 15 is 0 Å². The molecule has 2 N–H and O–H groups in total. The van der Waals surface area contributed by atoms with Gasteiger partial charge in [0.05, 0.1) is 5.56 Å². The molecule has 1 unspecified atom stereocenters. The normalized spacial score (nSPS) is 13.1. The Bertz CT molecular complexity index is 500. The van der Waals surface area contributed by atoms with Gasteiger partial charge in [-0.2, -0.15) is 0 Å². The van der Waals surface area contributed by atoms with Crippen molar-refractivity contribution < 1.29 is 14.7 Å². The lowest BCUT2D eigenvalue weighted by atomic mass is 9.88. The largest absolute Gasteiger partial charge is 0.480 e. The second kappa shape index (κ2) is 6.39. The van der Waals surface area contributed by atoms with Crippen LogP contribution in [0, 0.1) is 19.3 Å². The van der Waals surface area contributed by atoms with Gasteiger partial charge in [-0.3, -0.25) is 4.79 Å². The highest BCUT2D eigenvalue weighted by molar-refractivity contribution is 7.10. The average molecular weight is 297 g/mol. The summed E-state index contributed by atoms with van der Waals surface area (Å²) in [5.74, 6) is -1.28. The lowest BCUT2D eigenvalue weighted by Crippen LogP contribution is -2.41. The summed E-state index contributed by atoms with van der Waals surface area (Å²) in [7, 11) is 0. The first-order valence-corrected chi connectivity index (χ1v) is 7.58. The van der Waals surface area contributed by atoms with Crippen molar-refractivity contribution in [1.82, 2.24) is 5.32 Å². The van der Waals surface area contributed by atoms with E-state index in [2.05, 4.69) is 26.1 Å². The van der Waals surface area contributed by atoms with Gasteiger partial charge in [0.15, 0.2) is 0 Å². The Kier molecular flexibility index (Phi) is 5.34. The van der Waals surface area contributed by atoms with Crippen LogP contribution in [0.15, 0.2) is 5.38 Å². The number of carbonyl (C=O) groups is 2. The zero-order valence-corrected chi connectivity index (χ0v) is 13.6. The summed E-state index contributed by atoms with van der Waals surface area (Å²) in [6.45, 7) is 10.00. The summed E-state index contributed by atoms with van der Waals surface area (Å²) < 4.78 is 0. The molecule has 4 nitrogen and oxygen atoms in total. The third-order valence-electron chi connectivity index (χ3n) is 3.32. The monoisotopic (exact) mass is 297 g/mol. The molecule has 0 saturated heterocycles. The fraction of sp³-hybridized carbons (Fsp3) is 0.600. The van der Waals surface area contributed by atoms with Crippen LogP contribution in [0.1, 0.15) is 54.4 Å². The van der Waals surface area contributed by atoms with Gasteiger partial charge >= 0.3 is 5.97 Å². The molecule has 0 saturated carbocycles. The summed E-state index contributed by atoms with van der Waals surface area (Å²) >= 11 is 1.50. The van der Waals surface area contributed by atoms with Gasteiger partial charge < -0.3 is 10.4 Å². The van der Waals surface area contributed by atoms with Crippen LogP contribution in [-0.4, -0.2) is 23.0 Å². The number of hydrogen-bond acceptors (Lipinski definition) is 3. The molecule has 1 amide bonds. The van der Waals surface area contributed by atoms with E-state index in [9.17, 15) is 14.7 Å². The minimum absolute atomic E-state index is 0.0489. The number of rotatable bonds is 5. The fourth-order valence-corrected chi connectivity index (χ4v) is 2.67. The molecule has 0 spiro atoms. The van der Waals surface area contributed by atoms with Gasteiger partial charge in [0.2, 0.25) is 0 Å². The molecule has 1 atom stereocenters. The fourth-order valence-electron chi connectivity index (χ4n) is 1.81. The minimum atomic E-state index is -0.979. The van der Waals surface area contributed by atoms with E-state index in [1.807, 2.05) is 13.8 Å². The maximum atomic E-state index is 12.2. The Morgan fingerprint density at radius 3 is 2.35 bits per heavy atom. The Morgan fingerprint density at radius 1 is 1.35 bits per heavy atom. The summed E-state index contributed by atoms with van der Waals surface area (Å²) in [6.07, 6.45) is 1.18. The molecule has 0 aliphatic heterocycles. The Balaban J connectivity index is 2.73. The molecule has 0 aliphatic rings. The molecule has 20 heavy (non-hydrogen) atoms. The third-order valence-corrected chi connectivity index (χ3v) is 4.33. The van der Waals surface area contributed by atoms with Crippen molar-refractivity contribution in [2.45, 2.75) is 53.5 Å². The number of carboxylic acid groups (broad SMARTS) is 1. The summed E-state index contributed by atoms with van der Waals surface area (Å²) in [5.41, 5.74) is 1.55. The van der Waals surface area contributed by atoms with Crippen molar-refractivity contribution >= 4 is 23.2 Å². The number of thiophene rings is 1. The van der Waals surface area contributed by atoms with Crippen molar-refractivity contribution in [3.05, 3.63) is 21.4 Å². The standard InChI is InChI=1S/C15H23NO3S/c1-9-10(2)20-8-11(9)13(17)16-12(14(18)19)6-7-15(3,4)5/h8,12H,6-7H2,1-5H3,(H,16,17)(H,18,19). The Hall–Kier alpha value is -1.36. The second-order valence-electron chi connectivity index (χ2n) is 6.29. The van der Waals surface area contributed by atoms with Gasteiger partial charge in [0.25, 0.3) is 5.91 Å². The first-order valence-electron chi connectivity index (χ1n) is 6.70. The molecule has 0 aliphatic carbocycles. The molecule has 0 radical (unpaired) electrons. The van der Waals surface area contributed by atoms with Crippen LogP contribution in [0.2, 0.25) is 0 Å². The van der Waals surface area contributed by atoms with Crippen molar-refractivity contribution in [3.63, 3.8) is 0 Å². The highest BCUT2D eigenvalue weighted by atomic mass is 32.1. The molecular weight excluding hydrogens is 274 g/mol. The summed E-state index contributed by atoms with van der Waals surface area (Å²) in [5, 5.41) is 13.6. The lowest BCUT2D eigenvalue weighted by Gasteiger charge is -2.21. The molecule has 1 rings (SSSR count). The number of hydrogen-bond donors (Lipinski definition) is 2. The van der Waals surface area contributed by atoms with E-state index in [0.717, 1.165) is 16.9 Å². The second-order valence-corrected chi connectivity index (χ2v) is 7.38. The number of carboxylic acids is 1. The van der Waals surface area contributed by atoms with Gasteiger partial charge in [0, 0.05) is 10.3 Å². The number of nitrogens with one attached hydrogen (secondary N) is 1. The smallest absolute Gasteiger partial charge is 0.326 e. The zero-order valence-electron chi connectivity index (χ0n) is 12.7. The van der Waals surface area contributed by atoms with Crippen LogP contribution in [0.4, 0.5) is 0 Å². The summed E-state index contributed by atoms with van der Waals surface area (Å²) in [4.78, 5) is 24.5. The Morgan fingerprint density at radius 2 is 1.95 bits per heavy atom. The summed E-state index contributed by atoms with van der Waals surface area (Å²) in [6, 6.07) is -0.832. The van der Waals surface area contributed by atoms with E-state index in [1.165, 1.54) is 11.3 Å². The van der Waals surface area contributed by atoms with Crippen LogP contribution in [0.5, 0.6) is 0 Å². The first kappa shape index (κ1) is 16.7. The van der Waals surface area contributed by atoms with Crippen LogP contribution in [0.25, 0.3) is 0 Å². The predicted octanol–water partition coefficient (Wildman–Crippen LogP) is 3.37. The zero-order chi connectivity index (χ0) is 15.5. The maximum Gasteiger partial charge on any atom is 0.326 e. The van der Waals surface area contributed by atoms with Crippen LogP contribution in [-0.2, 0) is 4.79 Å². The number of amides is 1. The van der Waals surface area contributed by atoms with Crippen LogP contribution < -0.4 is 5.32 Å². The van der Waals surface area contributed by atoms with Crippen molar-refractivity contribution in [2.24, 2.45) is 5.41 Å². The number of aryl methyl sites for hydroxylation is 1. The highest BCUT2D eigenvalue weighted by Crippen LogP contribution is 2.23. The van der Waals surface area contributed by atoms with E-state index in [0.29, 0.717) is 12.0 Å². The molecule has 0 bridgehead atoms. The first-order chi connectivity index (χ1) is 9.11. The molecule has 5 heteroatoms. The molecule has 112 valence electrons. The number of carbonyl (C=O) groups excluding carboxylic acids is 1. The van der Waals surface area contributed by atoms with E-state index in [4.69, 9.17) is 0 Å². The van der Waals surface area contributed by atoms with Crippen LogP contribution in [0.3, 0.4) is 0 Å². The van der Waals surface area contributed by atoms with Gasteiger partial charge in [-0.05, 0) is 37.7 Å². The topological polar surface area (TPSA) is 66.4 Å². The number of aliphatic carboxylic acids is 1. The van der Waals surface area contributed by atoms with Gasteiger partial charge in [0.1, 0.15) is 6.04 Å². The van der Waals surface area contributed by atoms with Gasteiger partial charge in [-0.25, -0.2) is 4.79 Å². The van der Waals surface area contributed by atoms with E-state index in [1.54, 1.807) is 5.38 Å². The SMILES string of the molecule is Cc1scc(C(=O)NC(CCC(C)(C)C)C(=O)O)c1C. The van der Waals surface area contributed by atoms with Crippen molar-refractivity contribution in [3.8, 4) is 0 Å². The quantitative estimate of drug-likeness (QED) is 0.875. The van der Waals surface area contributed by atoms with Gasteiger partial charge in [-0.1, -0.05) is 20.8 Å². The Labute approximate surface area is 124 Å². The predicted molar refractivity (Wildman–Crippen MR) is 81.4 cm³/mol. The average Bonchev–Trinajstić information content (AvgIpc) is 2.63.